The summed E-state index contributed by atoms with van der Waals surface area (Å²) in [5, 5.41) is 31.5. The lowest BCUT2D eigenvalue weighted by Crippen LogP contribution is -2.20. The Morgan fingerprint density at radius 2 is 2.14 bits per heavy atom. The summed E-state index contributed by atoms with van der Waals surface area (Å²) in [7, 11) is 1.70. The molecule has 0 radical (unpaired) electrons. The maximum absolute atomic E-state index is 10.5. The Labute approximate surface area is 177 Å². The minimum atomic E-state index is -0.778. The molecule has 5 atom stereocenters. The average Bonchev–Trinajstić information content (AvgIpc) is 3.20. The molecule has 0 bridgehead atoms. The first-order valence-electron chi connectivity index (χ1n) is 10.4. The predicted octanol–water partition coefficient (Wildman–Crippen LogP) is 4.12. The van der Waals surface area contributed by atoms with Crippen LogP contribution in [0.2, 0.25) is 0 Å². The van der Waals surface area contributed by atoms with Crippen LogP contribution in [0.25, 0.3) is 0 Å². The van der Waals surface area contributed by atoms with Crippen LogP contribution < -0.4 is 0 Å². The van der Waals surface area contributed by atoms with Crippen LogP contribution in [0.5, 0.6) is 0 Å². The number of ether oxygens (including phenoxy) is 1. The van der Waals surface area contributed by atoms with Gasteiger partial charge >= 0.3 is 5.97 Å². The van der Waals surface area contributed by atoms with Gasteiger partial charge in [-0.3, -0.25) is 4.79 Å². The Bertz CT molecular complexity index is 681. The first kappa shape index (κ1) is 23.8. The molecular weight excluding hydrogens is 388 g/mol. The number of aliphatic carboxylic acids is 1. The fraction of sp³-hybridized carbons (Fsp3) is 0.609. The zero-order valence-corrected chi connectivity index (χ0v) is 18.2. The third-order valence-corrected chi connectivity index (χ3v) is 6.81. The van der Waals surface area contributed by atoms with Gasteiger partial charge in [0.15, 0.2) is 0 Å². The number of hydrogen-bond donors (Lipinski definition) is 3. The van der Waals surface area contributed by atoms with Crippen molar-refractivity contribution in [1.29, 1.82) is 0 Å². The van der Waals surface area contributed by atoms with Crippen LogP contribution in [0.4, 0.5) is 0 Å². The van der Waals surface area contributed by atoms with Gasteiger partial charge in [0, 0.05) is 30.7 Å². The molecule has 0 saturated heterocycles. The summed E-state index contributed by atoms with van der Waals surface area (Å²) in [5.74, 6) is -0.913. The molecule has 2 rings (SSSR count). The highest BCUT2D eigenvalue weighted by Gasteiger charge is 2.39. The van der Waals surface area contributed by atoms with Gasteiger partial charge in [0.2, 0.25) is 0 Å². The van der Waals surface area contributed by atoms with Crippen molar-refractivity contribution in [1.82, 2.24) is 0 Å². The molecule has 0 amide bonds. The summed E-state index contributed by atoms with van der Waals surface area (Å²) >= 11 is 1.77. The molecule has 1 heterocycles. The lowest BCUT2D eigenvalue weighted by atomic mass is 9.89. The van der Waals surface area contributed by atoms with Crippen molar-refractivity contribution in [2.24, 2.45) is 11.8 Å². The van der Waals surface area contributed by atoms with E-state index in [0.717, 1.165) is 12.8 Å². The van der Waals surface area contributed by atoms with Crippen LogP contribution in [0.3, 0.4) is 0 Å². The molecule has 6 heteroatoms. The summed E-state index contributed by atoms with van der Waals surface area (Å²) in [6.07, 6.45) is 11.3. The molecule has 1 aliphatic rings. The lowest BCUT2D eigenvalue weighted by molar-refractivity contribution is -0.137. The van der Waals surface area contributed by atoms with Crippen LogP contribution in [0, 0.1) is 18.8 Å². The van der Waals surface area contributed by atoms with Crippen LogP contribution in [0.15, 0.2) is 35.8 Å². The maximum Gasteiger partial charge on any atom is 0.303 e. The molecule has 1 fully saturated rings. The summed E-state index contributed by atoms with van der Waals surface area (Å²) in [4.78, 5) is 11.9. The Hall–Kier alpha value is -1.47. The van der Waals surface area contributed by atoms with Gasteiger partial charge in [0.1, 0.15) is 0 Å². The van der Waals surface area contributed by atoms with Gasteiger partial charge in [-0.15, -0.1) is 11.3 Å². The van der Waals surface area contributed by atoms with Gasteiger partial charge in [-0.05, 0) is 62.0 Å². The van der Waals surface area contributed by atoms with E-state index in [0.29, 0.717) is 25.7 Å². The van der Waals surface area contributed by atoms with E-state index in [-0.39, 0.29) is 24.4 Å². The number of allylic oxidation sites excluding steroid dienone is 2. The van der Waals surface area contributed by atoms with Gasteiger partial charge in [0.25, 0.3) is 0 Å². The molecule has 1 aliphatic carbocycles. The lowest BCUT2D eigenvalue weighted by Gasteiger charge is -2.20. The van der Waals surface area contributed by atoms with E-state index in [9.17, 15) is 15.0 Å². The van der Waals surface area contributed by atoms with Crippen molar-refractivity contribution in [2.45, 2.75) is 70.2 Å². The molecule has 1 saturated carbocycles. The molecule has 1 aromatic heterocycles. The Kier molecular flexibility index (Phi) is 10.1. The molecular formula is C23H34O5S. The molecule has 162 valence electrons. The van der Waals surface area contributed by atoms with Crippen molar-refractivity contribution in [3.05, 3.63) is 46.2 Å². The molecule has 3 N–H and O–H groups in total. The predicted molar refractivity (Wildman–Crippen MR) is 116 cm³/mol. The Morgan fingerprint density at radius 1 is 1.34 bits per heavy atom. The van der Waals surface area contributed by atoms with Gasteiger partial charge < -0.3 is 20.1 Å². The van der Waals surface area contributed by atoms with E-state index in [2.05, 4.69) is 18.4 Å². The zero-order valence-electron chi connectivity index (χ0n) is 17.4. The summed E-state index contributed by atoms with van der Waals surface area (Å²) in [6, 6.07) is 2.13. The number of carboxylic acid groups (broad SMARTS) is 1. The quantitative estimate of drug-likeness (QED) is 0.348. The van der Waals surface area contributed by atoms with E-state index < -0.39 is 18.2 Å². The number of thiophene rings is 1. The number of rotatable bonds is 12. The van der Waals surface area contributed by atoms with Crippen LogP contribution in [-0.2, 0) is 16.0 Å². The minimum Gasteiger partial charge on any atom is -0.481 e. The standard InChI is InChI=1S/C23H34O5S/c1-16-13-14-29-22(16)12-10-17(28-2)9-11-19-18(20(24)15-21(19)25)7-5-3-4-6-8-23(26)27/h3,5,9,11,13-14,17-21,24-25H,4,6-8,10,12,15H2,1-2H3,(H,26,27)/b5-3-,11-9+/t17?,18-,19-,20?,21?/m1/s1. The summed E-state index contributed by atoms with van der Waals surface area (Å²) in [5.41, 5.74) is 1.32. The molecule has 3 unspecified atom stereocenters. The van der Waals surface area contributed by atoms with E-state index in [1.807, 2.05) is 24.3 Å². The highest BCUT2D eigenvalue weighted by Crippen LogP contribution is 2.36. The van der Waals surface area contributed by atoms with Crippen molar-refractivity contribution in [3.8, 4) is 0 Å². The number of aryl methyl sites for hydroxylation is 2. The zero-order chi connectivity index (χ0) is 21.2. The van der Waals surface area contributed by atoms with Crippen LogP contribution in [0.1, 0.15) is 49.0 Å². The Balaban J connectivity index is 1.88. The van der Waals surface area contributed by atoms with Crippen molar-refractivity contribution >= 4 is 17.3 Å². The largest absolute Gasteiger partial charge is 0.481 e. The number of carboxylic acids is 1. The van der Waals surface area contributed by atoms with Crippen molar-refractivity contribution in [3.63, 3.8) is 0 Å². The maximum atomic E-state index is 10.5. The van der Waals surface area contributed by atoms with E-state index in [1.54, 1.807) is 18.4 Å². The highest BCUT2D eigenvalue weighted by atomic mass is 32.1. The normalized spacial score (nSPS) is 25.9. The van der Waals surface area contributed by atoms with Crippen molar-refractivity contribution < 1.29 is 24.9 Å². The third-order valence-electron chi connectivity index (χ3n) is 5.73. The van der Waals surface area contributed by atoms with Gasteiger partial charge in [-0.25, -0.2) is 0 Å². The molecule has 29 heavy (non-hydrogen) atoms. The second kappa shape index (κ2) is 12.3. The van der Waals surface area contributed by atoms with E-state index in [1.165, 1.54) is 10.4 Å². The number of hydrogen-bond acceptors (Lipinski definition) is 5. The number of methoxy groups -OCH3 is 1. The fourth-order valence-electron chi connectivity index (χ4n) is 3.93. The highest BCUT2D eigenvalue weighted by molar-refractivity contribution is 7.10. The Morgan fingerprint density at radius 3 is 2.79 bits per heavy atom. The first-order chi connectivity index (χ1) is 13.9. The molecule has 0 spiro atoms. The van der Waals surface area contributed by atoms with Crippen LogP contribution >= 0.6 is 11.3 Å². The number of unbranched alkanes of at least 4 members (excludes halogenated alkanes) is 1. The van der Waals surface area contributed by atoms with Gasteiger partial charge in [-0.2, -0.15) is 0 Å². The topological polar surface area (TPSA) is 87.0 Å². The number of carbonyl (C=O) groups is 1. The van der Waals surface area contributed by atoms with Crippen molar-refractivity contribution in [2.75, 3.05) is 7.11 Å². The smallest absolute Gasteiger partial charge is 0.303 e. The SMILES string of the molecule is COC(/C=C/[C@H]1C(O)CC(O)[C@@H]1C/C=C\CCCC(=O)O)CCc1sccc1C. The first-order valence-corrected chi connectivity index (χ1v) is 11.3. The molecule has 1 aromatic rings. The number of aliphatic hydroxyl groups is 2. The van der Waals surface area contributed by atoms with E-state index in [4.69, 9.17) is 9.84 Å². The molecule has 0 aromatic carbocycles. The van der Waals surface area contributed by atoms with Gasteiger partial charge in [-0.1, -0.05) is 24.3 Å². The summed E-state index contributed by atoms with van der Waals surface area (Å²) in [6.45, 7) is 2.12. The second-order valence-corrected chi connectivity index (χ2v) is 8.83. The van der Waals surface area contributed by atoms with E-state index >= 15 is 0 Å². The fourth-order valence-corrected chi connectivity index (χ4v) is 4.85. The average molecular weight is 423 g/mol. The van der Waals surface area contributed by atoms with Crippen LogP contribution in [-0.4, -0.2) is 46.7 Å². The molecule has 5 nitrogen and oxygen atoms in total. The number of aliphatic hydroxyl groups excluding tert-OH is 2. The second-order valence-electron chi connectivity index (χ2n) is 7.83. The minimum absolute atomic E-state index is 0.0198. The molecule has 0 aliphatic heterocycles. The monoisotopic (exact) mass is 422 g/mol. The summed E-state index contributed by atoms with van der Waals surface area (Å²) < 4.78 is 5.60. The third kappa shape index (κ3) is 7.70. The van der Waals surface area contributed by atoms with Gasteiger partial charge in [0.05, 0.1) is 18.3 Å².